The molecule has 0 saturated heterocycles. The van der Waals surface area contributed by atoms with Gasteiger partial charge in [0, 0.05) is 5.56 Å². The maximum Gasteiger partial charge on any atom is 0.419 e. The van der Waals surface area contributed by atoms with Crippen molar-refractivity contribution in [3.8, 4) is 22.5 Å². The van der Waals surface area contributed by atoms with Crippen molar-refractivity contribution in [1.82, 2.24) is 5.16 Å². The molecule has 0 aliphatic heterocycles. The van der Waals surface area contributed by atoms with E-state index in [1.54, 1.807) is 13.8 Å². The fourth-order valence-corrected chi connectivity index (χ4v) is 4.86. The third-order valence-corrected chi connectivity index (χ3v) is 7.05. The lowest BCUT2D eigenvalue weighted by atomic mass is 9.64. The monoisotopic (exact) mass is 496 g/mol. The summed E-state index contributed by atoms with van der Waals surface area (Å²) in [6, 6.07) is 24.8. The van der Waals surface area contributed by atoms with Crippen molar-refractivity contribution in [3.05, 3.63) is 90.1 Å². The number of aryl methyl sites for hydroxylation is 1. The zero-order valence-corrected chi connectivity index (χ0v) is 20.8. The van der Waals surface area contributed by atoms with Crippen LogP contribution in [-0.2, 0) is 14.9 Å². The van der Waals surface area contributed by atoms with Crippen LogP contribution in [-0.4, -0.2) is 28.9 Å². The summed E-state index contributed by atoms with van der Waals surface area (Å²) in [6.07, 6.45) is 1.79. The lowest BCUT2D eigenvalue weighted by Gasteiger charge is -2.38. The van der Waals surface area contributed by atoms with Gasteiger partial charge in [0.15, 0.2) is 5.76 Å². The molecule has 3 aromatic carbocycles. The van der Waals surface area contributed by atoms with Gasteiger partial charge in [-0.15, -0.1) is 0 Å². The predicted molar refractivity (Wildman–Crippen MR) is 141 cm³/mol. The molecule has 1 saturated carbocycles. The van der Waals surface area contributed by atoms with Crippen molar-refractivity contribution < 1.29 is 24.0 Å². The molecule has 0 spiro atoms. The van der Waals surface area contributed by atoms with Gasteiger partial charge in [-0.2, -0.15) is 0 Å². The summed E-state index contributed by atoms with van der Waals surface area (Å²) in [6.45, 7) is 3.80. The van der Waals surface area contributed by atoms with E-state index in [9.17, 15) is 14.7 Å². The maximum atomic E-state index is 13.0. The van der Waals surface area contributed by atoms with Gasteiger partial charge in [-0.1, -0.05) is 78.3 Å². The smallest absolute Gasteiger partial charge is 0.419 e. The van der Waals surface area contributed by atoms with Gasteiger partial charge >= 0.3 is 12.1 Å². The van der Waals surface area contributed by atoms with Crippen LogP contribution in [0.1, 0.15) is 37.4 Å². The van der Waals surface area contributed by atoms with Gasteiger partial charge in [-0.3, -0.25) is 4.79 Å². The Hall–Kier alpha value is -4.39. The van der Waals surface area contributed by atoms with E-state index in [2.05, 4.69) is 5.16 Å². The average Bonchev–Trinajstić information content (AvgIpc) is 3.25. The lowest BCUT2D eigenvalue weighted by Crippen LogP contribution is -2.42. The van der Waals surface area contributed by atoms with E-state index >= 15 is 0 Å². The second-order valence-electron chi connectivity index (χ2n) is 9.21. The highest BCUT2D eigenvalue weighted by molar-refractivity contribution is 6.00. The van der Waals surface area contributed by atoms with Gasteiger partial charge in [0.2, 0.25) is 0 Å². The highest BCUT2D eigenvalue weighted by Gasteiger charge is 2.45. The van der Waals surface area contributed by atoms with Crippen molar-refractivity contribution in [2.45, 2.75) is 38.5 Å². The van der Waals surface area contributed by atoms with Gasteiger partial charge in [-0.05, 0) is 55.5 Å². The average molecular weight is 497 g/mol. The van der Waals surface area contributed by atoms with E-state index in [0.717, 1.165) is 28.7 Å². The number of aromatic nitrogens is 1. The quantitative estimate of drug-likeness (QED) is 0.293. The molecule has 1 aromatic heterocycles. The van der Waals surface area contributed by atoms with Crippen LogP contribution in [0, 0.1) is 6.92 Å². The van der Waals surface area contributed by atoms with Crippen molar-refractivity contribution in [1.29, 1.82) is 0 Å². The maximum absolute atomic E-state index is 13.0. The minimum atomic E-state index is -0.749. The van der Waals surface area contributed by atoms with Gasteiger partial charge in [0.05, 0.1) is 17.7 Å². The van der Waals surface area contributed by atoms with Gasteiger partial charge in [0.1, 0.15) is 11.4 Å². The summed E-state index contributed by atoms with van der Waals surface area (Å²) in [4.78, 5) is 26.3. The Morgan fingerprint density at radius 1 is 0.946 bits per heavy atom. The number of aliphatic carboxylic acids is 1. The van der Waals surface area contributed by atoms with Crippen LogP contribution in [0.2, 0.25) is 0 Å². The second kappa shape index (κ2) is 9.93. The summed E-state index contributed by atoms with van der Waals surface area (Å²) in [7, 11) is 0. The fraction of sp³-hybridized carbons (Fsp3) is 0.233. The van der Waals surface area contributed by atoms with Gasteiger partial charge < -0.3 is 14.4 Å². The van der Waals surface area contributed by atoms with Gasteiger partial charge in [-0.25, -0.2) is 9.69 Å². The number of carboxylic acids is 1. The number of amides is 1. The first-order valence-electron chi connectivity index (χ1n) is 12.4. The molecule has 1 aliphatic rings. The normalized spacial score (nSPS) is 14.0. The van der Waals surface area contributed by atoms with Crippen LogP contribution < -0.4 is 4.90 Å². The van der Waals surface area contributed by atoms with Crippen LogP contribution in [0.25, 0.3) is 22.5 Å². The van der Waals surface area contributed by atoms with Crippen LogP contribution in [0.15, 0.2) is 83.4 Å². The highest BCUT2D eigenvalue weighted by Crippen LogP contribution is 2.44. The second-order valence-corrected chi connectivity index (χ2v) is 9.21. The molecule has 1 aliphatic carbocycles. The van der Waals surface area contributed by atoms with Crippen molar-refractivity contribution >= 4 is 23.4 Å². The summed E-state index contributed by atoms with van der Waals surface area (Å²) >= 11 is 0. The predicted octanol–water partition coefficient (Wildman–Crippen LogP) is 7.12. The Labute approximate surface area is 215 Å². The van der Waals surface area contributed by atoms with E-state index in [1.165, 1.54) is 4.90 Å². The van der Waals surface area contributed by atoms with Crippen LogP contribution >= 0.6 is 0 Å². The number of carbonyl (C=O) groups excluding carboxylic acids is 1. The Balaban J connectivity index is 1.46. The number of benzene rings is 3. The molecule has 5 rings (SSSR count). The first-order chi connectivity index (χ1) is 17.9. The summed E-state index contributed by atoms with van der Waals surface area (Å²) in [5.41, 5.74) is 4.59. The first-order valence-corrected chi connectivity index (χ1v) is 12.4. The van der Waals surface area contributed by atoms with E-state index in [4.69, 9.17) is 9.26 Å². The van der Waals surface area contributed by atoms with Crippen LogP contribution in [0.3, 0.4) is 0 Å². The number of para-hydroxylation sites is 1. The van der Waals surface area contributed by atoms with E-state index in [-0.39, 0.29) is 6.61 Å². The fourth-order valence-electron chi connectivity index (χ4n) is 4.86. The molecule has 0 bridgehead atoms. The van der Waals surface area contributed by atoms with E-state index < -0.39 is 17.5 Å². The summed E-state index contributed by atoms with van der Waals surface area (Å²) in [5.74, 6) is -0.286. The molecular formula is C30H28N2O5. The number of nitrogens with zero attached hydrogens (tertiary/aromatic N) is 2. The molecule has 37 heavy (non-hydrogen) atoms. The molecule has 188 valence electrons. The Morgan fingerprint density at radius 2 is 1.54 bits per heavy atom. The van der Waals surface area contributed by atoms with E-state index in [0.29, 0.717) is 35.7 Å². The molecule has 7 nitrogen and oxygen atoms in total. The first kappa shape index (κ1) is 24.3. The van der Waals surface area contributed by atoms with Crippen molar-refractivity contribution in [2.75, 3.05) is 11.5 Å². The van der Waals surface area contributed by atoms with Crippen LogP contribution in [0.5, 0.6) is 0 Å². The summed E-state index contributed by atoms with van der Waals surface area (Å²) in [5, 5.41) is 13.9. The molecule has 1 heterocycles. The lowest BCUT2D eigenvalue weighted by molar-refractivity contribution is -0.147. The molecule has 1 amide bonds. The van der Waals surface area contributed by atoms with Crippen molar-refractivity contribution in [2.24, 2.45) is 0 Å². The number of carbonyl (C=O) groups is 2. The molecule has 0 unspecified atom stereocenters. The molecule has 7 heteroatoms. The number of ether oxygens (including phenoxy) is 1. The molecule has 0 atom stereocenters. The molecule has 4 aromatic rings. The van der Waals surface area contributed by atoms with Gasteiger partial charge in [0.25, 0.3) is 0 Å². The minimum Gasteiger partial charge on any atom is -0.481 e. The molecule has 1 fully saturated rings. The Morgan fingerprint density at radius 3 is 2.08 bits per heavy atom. The SMILES string of the molecule is CCOC(=O)N(c1ccccc1)c1c(C)noc1-c1ccc(-c2ccc(C3(C(=O)O)CCC3)cc2)cc1. The largest absolute Gasteiger partial charge is 0.481 e. The number of hydrogen-bond donors (Lipinski definition) is 1. The number of hydrogen-bond acceptors (Lipinski definition) is 5. The zero-order chi connectivity index (χ0) is 26.0. The number of carboxylic acid groups (broad SMARTS) is 1. The highest BCUT2D eigenvalue weighted by atomic mass is 16.6. The molecular weight excluding hydrogens is 468 g/mol. The van der Waals surface area contributed by atoms with Crippen LogP contribution in [0.4, 0.5) is 16.2 Å². The van der Waals surface area contributed by atoms with E-state index in [1.807, 2.05) is 78.9 Å². The molecule has 1 N–H and O–H groups in total. The number of anilines is 2. The third kappa shape index (κ3) is 4.37. The topological polar surface area (TPSA) is 92.9 Å². The van der Waals surface area contributed by atoms with Crippen molar-refractivity contribution in [3.63, 3.8) is 0 Å². The standard InChI is InChI=1S/C30H28N2O5/c1-3-36-29(35)32(25-8-5-4-6-9-25)26-20(2)31-37-27(26)23-12-10-21(11-13-23)22-14-16-24(17-15-22)30(28(33)34)18-7-19-30/h4-6,8-17H,3,7,18-19H2,1-2H3,(H,33,34). The number of rotatable bonds is 7. The molecule has 0 radical (unpaired) electrons. The summed E-state index contributed by atoms with van der Waals surface area (Å²) < 4.78 is 11.0. The zero-order valence-electron chi connectivity index (χ0n) is 20.8. The third-order valence-electron chi connectivity index (χ3n) is 7.05. The Kier molecular flexibility index (Phi) is 6.53. The Bertz CT molecular complexity index is 1400. The minimum absolute atomic E-state index is 0.239.